The number of carbonyl (C=O) groups excluding carboxylic acids is 1. The van der Waals surface area contributed by atoms with Crippen molar-refractivity contribution >= 4 is 12.1 Å². The minimum absolute atomic E-state index is 0.140. The molecule has 0 spiro atoms. The molecule has 178 valence electrons. The molecule has 0 aliphatic heterocycles. The van der Waals surface area contributed by atoms with E-state index < -0.39 is 0 Å². The van der Waals surface area contributed by atoms with Crippen molar-refractivity contribution < 1.29 is 23.7 Å². The summed E-state index contributed by atoms with van der Waals surface area (Å²) in [5, 5.41) is 3.98. The third-order valence-corrected chi connectivity index (χ3v) is 5.53. The fourth-order valence-corrected chi connectivity index (χ4v) is 3.53. The molecule has 7 nitrogen and oxygen atoms in total. The Hall–Kier alpha value is -4.00. The van der Waals surface area contributed by atoms with E-state index in [4.69, 9.17) is 18.9 Å². The molecule has 0 fully saturated rings. The van der Waals surface area contributed by atoms with Gasteiger partial charge in [0.15, 0.2) is 18.1 Å². The van der Waals surface area contributed by atoms with Gasteiger partial charge in [0.1, 0.15) is 5.75 Å². The van der Waals surface area contributed by atoms with Crippen LogP contribution in [0.4, 0.5) is 0 Å². The number of hydrogen-bond acceptors (Lipinski definition) is 6. The van der Waals surface area contributed by atoms with E-state index in [1.165, 1.54) is 33.1 Å². The number of carbonyl (C=O) groups is 1. The van der Waals surface area contributed by atoms with Gasteiger partial charge < -0.3 is 18.9 Å². The lowest BCUT2D eigenvalue weighted by atomic mass is 9.78. The highest BCUT2D eigenvalue weighted by atomic mass is 16.5. The zero-order chi connectivity index (χ0) is 24.6. The van der Waals surface area contributed by atoms with Crippen molar-refractivity contribution in [3.05, 3.63) is 83.4 Å². The number of benzene rings is 3. The summed E-state index contributed by atoms with van der Waals surface area (Å²) in [5.41, 5.74) is 5.38. The molecule has 0 aromatic heterocycles. The standard InChI is InChI=1S/C27H30N2O5/c1-27(2,20-9-7-6-8-10-20)21-11-13-22(14-12-21)34-18-25(30)29-28-17-19-15-23(31-3)26(33-5)24(16-19)32-4/h6-17H,18H2,1-5H3,(H,29,30). The predicted octanol–water partition coefficient (Wildman–Crippen LogP) is 4.57. The second-order valence-electron chi connectivity index (χ2n) is 8.06. The largest absolute Gasteiger partial charge is 0.493 e. The van der Waals surface area contributed by atoms with E-state index in [1.54, 1.807) is 12.1 Å². The Kier molecular flexibility index (Phi) is 8.14. The highest BCUT2D eigenvalue weighted by Gasteiger charge is 2.22. The topological polar surface area (TPSA) is 78.4 Å². The average molecular weight is 463 g/mol. The van der Waals surface area contributed by atoms with Crippen molar-refractivity contribution in [1.82, 2.24) is 5.43 Å². The second-order valence-corrected chi connectivity index (χ2v) is 8.06. The summed E-state index contributed by atoms with van der Waals surface area (Å²) >= 11 is 0. The van der Waals surface area contributed by atoms with Crippen molar-refractivity contribution in [1.29, 1.82) is 0 Å². The molecule has 3 aromatic carbocycles. The van der Waals surface area contributed by atoms with Crippen LogP contribution in [0.25, 0.3) is 0 Å². The van der Waals surface area contributed by atoms with E-state index in [9.17, 15) is 4.79 Å². The number of hydrazone groups is 1. The highest BCUT2D eigenvalue weighted by molar-refractivity contribution is 5.84. The van der Waals surface area contributed by atoms with E-state index in [2.05, 4.69) is 36.5 Å². The normalized spacial score (nSPS) is 11.2. The number of amides is 1. The average Bonchev–Trinajstić information content (AvgIpc) is 2.87. The van der Waals surface area contributed by atoms with Crippen LogP contribution >= 0.6 is 0 Å². The van der Waals surface area contributed by atoms with Gasteiger partial charge in [-0.05, 0) is 35.4 Å². The molecule has 0 unspecified atom stereocenters. The van der Waals surface area contributed by atoms with Crippen LogP contribution in [0.3, 0.4) is 0 Å². The number of ether oxygens (including phenoxy) is 4. The van der Waals surface area contributed by atoms with Crippen LogP contribution in [-0.2, 0) is 10.2 Å². The molecule has 1 N–H and O–H groups in total. The summed E-state index contributed by atoms with van der Waals surface area (Å²) in [6.07, 6.45) is 1.49. The van der Waals surface area contributed by atoms with Gasteiger partial charge in [-0.2, -0.15) is 5.10 Å². The minimum atomic E-state index is -0.377. The monoisotopic (exact) mass is 462 g/mol. The van der Waals surface area contributed by atoms with Gasteiger partial charge in [0.05, 0.1) is 27.5 Å². The molecule has 0 aliphatic carbocycles. The van der Waals surface area contributed by atoms with Crippen molar-refractivity contribution in [2.75, 3.05) is 27.9 Å². The lowest BCUT2D eigenvalue weighted by molar-refractivity contribution is -0.123. The number of hydrogen-bond donors (Lipinski definition) is 1. The summed E-state index contributed by atoms with van der Waals surface area (Å²) in [7, 11) is 4.60. The Labute approximate surface area is 200 Å². The maximum absolute atomic E-state index is 12.1. The Morgan fingerprint density at radius 3 is 2.03 bits per heavy atom. The van der Waals surface area contributed by atoms with Crippen LogP contribution in [0.2, 0.25) is 0 Å². The summed E-state index contributed by atoms with van der Waals surface area (Å²) in [5.74, 6) is 1.71. The van der Waals surface area contributed by atoms with Gasteiger partial charge in [-0.25, -0.2) is 5.43 Å². The molecule has 34 heavy (non-hydrogen) atoms. The van der Waals surface area contributed by atoms with Crippen molar-refractivity contribution in [3.63, 3.8) is 0 Å². The van der Waals surface area contributed by atoms with Crippen LogP contribution < -0.4 is 24.4 Å². The molecule has 3 aromatic rings. The lowest BCUT2D eigenvalue weighted by Crippen LogP contribution is -2.24. The van der Waals surface area contributed by atoms with Crippen molar-refractivity contribution in [2.24, 2.45) is 5.10 Å². The lowest BCUT2D eigenvalue weighted by Gasteiger charge is -2.26. The molecule has 3 rings (SSSR count). The third kappa shape index (κ3) is 5.86. The van der Waals surface area contributed by atoms with Crippen molar-refractivity contribution in [3.8, 4) is 23.0 Å². The fourth-order valence-electron chi connectivity index (χ4n) is 3.53. The van der Waals surface area contributed by atoms with Gasteiger partial charge in [-0.15, -0.1) is 0 Å². The Bertz CT molecular complexity index is 1100. The summed E-state index contributed by atoms with van der Waals surface area (Å²) in [6.45, 7) is 4.20. The van der Waals surface area contributed by atoms with Gasteiger partial charge in [-0.1, -0.05) is 56.3 Å². The molecule has 7 heteroatoms. The Morgan fingerprint density at radius 1 is 0.882 bits per heavy atom. The Balaban J connectivity index is 1.56. The molecule has 0 radical (unpaired) electrons. The predicted molar refractivity (Wildman–Crippen MR) is 132 cm³/mol. The quantitative estimate of drug-likeness (QED) is 0.353. The van der Waals surface area contributed by atoms with E-state index in [-0.39, 0.29) is 17.9 Å². The minimum Gasteiger partial charge on any atom is -0.493 e. The molecule has 1 amide bonds. The first kappa shape index (κ1) is 24.6. The fraction of sp³-hybridized carbons (Fsp3) is 0.259. The van der Waals surface area contributed by atoms with Gasteiger partial charge in [-0.3, -0.25) is 4.79 Å². The third-order valence-electron chi connectivity index (χ3n) is 5.53. The van der Waals surface area contributed by atoms with E-state index in [0.717, 1.165) is 5.56 Å². The van der Waals surface area contributed by atoms with Gasteiger partial charge in [0.25, 0.3) is 5.91 Å². The summed E-state index contributed by atoms with van der Waals surface area (Å²) < 4.78 is 21.5. The highest BCUT2D eigenvalue weighted by Crippen LogP contribution is 2.37. The number of nitrogens with one attached hydrogen (secondary N) is 1. The van der Waals surface area contributed by atoms with E-state index >= 15 is 0 Å². The van der Waals surface area contributed by atoms with Crippen LogP contribution in [0.5, 0.6) is 23.0 Å². The zero-order valence-electron chi connectivity index (χ0n) is 20.1. The molecule has 0 aliphatic rings. The van der Waals surface area contributed by atoms with Gasteiger partial charge in [0, 0.05) is 11.0 Å². The van der Waals surface area contributed by atoms with Gasteiger partial charge >= 0.3 is 0 Å². The maximum atomic E-state index is 12.1. The second kappa shape index (κ2) is 11.2. The molecule has 0 saturated carbocycles. The van der Waals surface area contributed by atoms with Crippen LogP contribution in [0, 0.1) is 0 Å². The summed E-state index contributed by atoms with van der Waals surface area (Å²) in [4.78, 5) is 12.1. The smallest absolute Gasteiger partial charge is 0.277 e. The SMILES string of the molecule is COc1cc(C=NNC(=O)COc2ccc(C(C)(C)c3ccccc3)cc2)cc(OC)c1OC. The first-order valence-corrected chi connectivity index (χ1v) is 10.8. The number of nitrogens with zero attached hydrogens (tertiary/aromatic N) is 1. The summed E-state index contributed by atoms with van der Waals surface area (Å²) in [6, 6.07) is 21.5. The first-order valence-electron chi connectivity index (χ1n) is 10.8. The number of rotatable bonds is 10. The molecule has 0 saturated heterocycles. The number of methoxy groups -OCH3 is 3. The van der Waals surface area contributed by atoms with E-state index in [1.807, 2.05) is 42.5 Å². The molecule has 0 bridgehead atoms. The zero-order valence-corrected chi connectivity index (χ0v) is 20.1. The van der Waals surface area contributed by atoms with Crippen LogP contribution in [-0.4, -0.2) is 40.1 Å². The van der Waals surface area contributed by atoms with Crippen LogP contribution in [0.15, 0.2) is 71.8 Å². The molecular formula is C27H30N2O5. The maximum Gasteiger partial charge on any atom is 0.277 e. The molecule has 0 atom stereocenters. The molecule has 0 heterocycles. The molecular weight excluding hydrogens is 432 g/mol. The van der Waals surface area contributed by atoms with Gasteiger partial charge in [0.2, 0.25) is 5.75 Å². The van der Waals surface area contributed by atoms with Crippen LogP contribution in [0.1, 0.15) is 30.5 Å². The van der Waals surface area contributed by atoms with E-state index in [0.29, 0.717) is 28.6 Å². The Morgan fingerprint density at radius 2 is 1.47 bits per heavy atom. The first-order chi connectivity index (χ1) is 16.4. The van der Waals surface area contributed by atoms with Crippen molar-refractivity contribution in [2.45, 2.75) is 19.3 Å².